The molecular weight excluding hydrogens is 1040 g/mol. The average molecular weight is 1110 g/mol. The Morgan fingerprint density at radius 2 is 0.519 bits per heavy atom. The Labute approximate surface area is 473 Å². The molecule has 6 aromatic carbocycles. The smallest absolute Gasteiger partial charge is 0.270 e. The number of fused-ring (bicyclic) bond motifs is 12. The molecule has 0 atom stereocenters. The van der Waals surface area contributed by atoms with E-state index in [-0.39, 0.29) is 95.2 Å². The first-order chi connectivity index (χ1) is 38.2. The van der Waals surface area contributed by atoms with Crippen LogP contribution in [0.4, 0.5) is 17.1 Å². The van der Waals surface area contributed by atoms with Gasteiger partial charge in [0.25, 0.3) is 17.1 Å². The summed E-state index contributed by atoms with van der Waals surface area (Å²) in [6.07, 6.45) is 0.202. The molecule has 0 saturated heterocycles. The van der Waals surface area contributed by atoms with E-state index in [1.807, 2.05) is 98.7 Å². The molecule has 12 bridgehead atoms. The van der Waals surface area contributed by atoms with Gasteiger partial charge in [0, 0.05) is 108 Å². The van der Waals surface area contributed by atoms with E-state index in [4.69, 9.17) is 28.4 Å². The van der Waals surface area contributed by atoms with E-state index >= 15 is 0 Å². The highest BCUT2D eigenvalue weighted by Gasteiger charge is 2.31. The number of benzene rings is 6. The van der Waals surface area contributed by atoms with E-state index in [0.717, 1.165) is 16.7 Å². The SMILES string of the molecule is COc1c2cc([N+](=O)[O-])cc1Cc1cc(C(C)(C)C)cc(c1OCCO)Cc1cc([N+](=O)[O-])cc(c1OC)Cc1cc(C(C)(C)C)cc(c1OCCO)Cc1cc([N+](=O)[O-])cc(c1OC)Cc1cc(C(C)(C)C)cc(c1OCCO)C2. The standard InChI is InChI=1S/C63H75N3O15/c1-61(2,3)49-25-37-19-43-31-52(64(70)71)33-45(55(43)76-10)21-39-27-50(62(4,5)6)29-41(59(39)80-17-14-68)23-47-35-54(66(74)75)36-48(57(47)78-12)24-42-30-51(63(7,8)9)28-40(60(42)81-18-15-69)22-46-34-53(65(72)73)32-44(56(46)77-11)20-38(26-49)58(37)79-16-13-67/h25-36,67-69H,13-24H2,1-12H3. The number of nitro benzene ring substituents is 3. The minimum atomic E-state index is -0.478. The van der Waals surface area contributed by atoms with E-state index in [1.54, 1.807) is 0 Å². The summed E-state index contributed by atoms with van der Waals surface area (Å²) in [5.41, 5.74) is 6.71. The molecule has 3 N–H and O–H groups in total. The van der Waals surface area contributed by atoms with Crippen LogP contribution < -0.4 is 28.4 Å². The fourth-order valence-electron chi connectivity index (χ4n) is 10.7. The van der Waals surface area contributed by atoms with Crippen molar-refractivity contribution in [3.05, 3.63) is 187 Å². The Kier molecular flexibility index (Phi) is 18.7. The number of nitro groups is 3. The van der Waals surface area contributed by atoms with Gasteiger partial charge in [-0.2, -0.15) is 0 Å². The van der Waals surface area contributed by atoms with Crippen LogP contribution in [0.2, 0.25) is 0 Å². The molecule has 0 radical (unpaired) electrons. The minimum absolute atomic E-state index is 0.0337. The van der Waals surface area contributed by atoms with Gasteiger partial charge in [-0.1, -0.05) is 98.7 Å². The molecule has 1 aliphatic carbocycles. The highest BCUT2D eigenvalue weighted by molar-refractivity contribution is 5.63. The Morgan fingerprint density at radius 3 is 0.654 bits per heavy atom. The monoisotopic (exact) mass is 1110 g/mol. The number of aliphatic hydroxyl groups excluding tert-OH is 3. The molecule has 81 heavy (non-hydrogen) atoms. The summed E-state index contributed by atoms with van der Waals surface area (Å²) >= 11 is 0. The number of ether oxygens (including phenoxy) is 6. The molecule has 0 unspecified atom stereocenters. The second-order valence-corrected chi connectivity index (χ2v) is 23.6. The molecule has 18 heteroatoms. The van der Waals surface area contributed by atoms with Crippen LogP contribution in [0.25, 0.3) is 0 Å². The van der Waals surface area contributed by atoms with Gasteiger partial charge < -0.3 is 43.7 Å². The maximum absolute atomic E-state index is 13.0. The van der Waals surface area contributed by atoms with E-state index in [2.05, 4.69) is 0 Å². The summed E-state index contributed by atoms with van der Waals surface area (Å²) in [4.78, 5) is 37.6. The van der Waals surface area contributed by atoms with Crippen molar-refractivity contribution in [1.82, 2.24) is 0 Å². The van der Waals surface area contributed by atoms with Crippen molar-refractivity contribution < 1.29 is 58.5 Å². The fraction of sp³-hybridized carbons (Fsp3) is 0.429. The number of methoxy groups -OCH3 is 3. The quantitative estimate of drug-likeness (QED) is 0.0638. The molecule has 0 aromatic heterocycles. The first kappa shape index (κ1) is 60.8. The molecule has 432 valence electrons. The second kappa shape index (κ2) is 24.9. The van der Waals surface area contributed by atoms with Crippen LogP contribution in [-0.2, 0) is 54.8 Å². The van der Waals surface area contributed by atoms with E-state index in [0.29, 0.717) is 101 Å². The summed E-state index contributed by atoms with van der Waals surface area (Å²) in [7, 11) is 4.47. The summed E-state index contributed by atoms with van der Waals surface area (Å²) in [5.74, 6) is 2.12. The van der Waals surface area contributed by atoms with Gasteiger partial charge in [-0.05, 0) is 66.3 Å². The maximum atomic E-state index is 13.0. The zero-order valence-electron chi connectivity index (χ0n) is 48.5. The van der Waals surface area contributed by atoms with Gasteiger partial charge in [-0.15, -0.1) is 0 Å². The summed E-state index contributed by atoms with van der Waals surface area (Å²) < 4.78 is 38.2. The number of nitrogens with zero attached hydrogens (tertiary/aromatic N) is 3. The largest absolute Gasteiger partial charge is 0.496 e. The molecule has 18 nitrogen and oxygen atoms in total. The third kappa shape index (κ3) is 13.9. The minimum Gasteiger partial charge on any atom is -0.496 e. The number of hydrogen-bond donors (Lipinski definition) is 3. The van der Waals surface area contributed by atoms with Gasteiger partial charge >= 0.3 is 0 Å². The average Bonchev–Trinajstić information content (AvgIpc) is 3.45. The topological polar surface area (TPSA) is 245 Å². The van der Waals surface area contributed by atoms with Crippen molar-refractivity contribution in [2.24, 2.45) is 0 Å². The van der Waals surface area contributed by atoms with Crippen LogP contribution in [0.3, 0.4) is 0 Å². The predicted octanol–water partition coefficient (Wildman–Crippen LogP) is 11.3. The summed E-state index contributed by atoms with van der Waals surface area (Å²) in [5, 5.41) is 69.9. The molecule has 0 aliphatic heterocycles. The number of non-ortho nitro benzene ring substituents is 3. The Bertz CT molecular complexity index is 2850. The van der Waals surface area contributed by atoms with Gasteiger partial charge in [0.15, 0.2) is 0 Å². The van der Waals surface area contributed by atoms with Crippen molar-refractivity contribution in [2.75, 3.05) is 61.0 Å². The molecule has 1 aliphatic rings. The zero-order chi connectivity index (χ0) is 59.3. The van der Waals surface area contributed by atoms with Crippen molar-refractivity contribution in [3.8, 4) is 34.5 Å². The first-order valence-corrected chi connectivity index (χ1v) is 27.0. The molecule has 0 fully saturated rings. The molecular formula is C63H75N3O15. The molecule has 0 saturated carbocycles. The Balaban J connectivity index is 1.67. The van der Waals surface area contributed by atoms with E-state index in [1.165, 1.54) is 57.7 Å². The lowest BCUT2D eigenvalue weighted by molar-refractivity contribution is -0.385. The maximum Gasteiger partial charge on any atom is 0.270 e. The van der Waals surface area contributed by atoms with Crippen molar-refractivity contribution in [2.45, 2.75) is 117 Å². The highest BCUT2D eigenvalue weighted by Crippen LogP contribution is 2.45. The molecule has 0 amide bonds. The van der Waals surface area contributed by atoms with Crippen molar-refractivity contribution in [3.63, 3.8) is 0 Å². The normalized spacial score (nSPS) is 12.9. The fourth-order valence-corrected chi connectivity index (χ4v) is 10.7. The molecule has 0 heterocycles. The summed E-state index contributed by atoms with van der Waals surface area (Å²) in [6, 6.07) is 20.6. The van der Waals surface area contributed by atoms with Crippen LogP contribution in [-0.4, -0.2) is 91.1 Å². The van der Waals surface area contributed by atoms with Crippen LogP contribution in [0, 0.1) is 30.3 Å². The van der Waals surface area contributed by atoms with Gasteiger partial charge in [0.05, 0.1) is 55.9 Å². The third-order valence-electron chi connectivity index (χ3n) is 14.6. The van der Waals surface area contributed by atoms with Crippen molar-refractivity contribution >= 4 is 17.1 Å². The molecule has 0 spiro atoms. The van der Waals surface area contributed by atoms with Crippen LogP contribution in [0.15, 0.2) is 72.8 Å². The van der Waals surface area contributed by atoms with Gasteiger partial charge in [-0.25, -0.2) is 0 Å². The molecule has 7 rings (SSSR count). The second-order valence-electron chi connectivity index (χ2n) is 23.6. The van der Waals surface area contributed by atoms with E-state index in [9.17, 15) is 45.7 Å². The predicted molar refractivity (Wildman–Crippen MR) is 309 cm³/mol. The van der Waals surface area contributed by atoms with Crippen LogP contribution in [0.5, 0.6) is 34.5 Å². The van der Waals surface area contributed by atoms with Gasteiger partial charge in [-0.3, -0.25) is 30.3 Å². The molecule has 6 aromatic rings. The Hall–Kier alpha value is -7.80. The van der Waals surface area contributed by atoms with Crippen LogP contribution in [0.1, 0.15) is 146 Å². The third-order valence-corrected chi connectivity index (χ3v) is 14.6. The Morgan fingerprint density at radius 1 is 0.346 bits per heavy atom. The highest BCUT2D eigenvalue weighted by atomic mass is 16.6. The number of hydrogen-bond acceptors (Lipinski definition) is 15. The van der Waals surface area contributed by atoms with E-state index < -0.39 is 31.0 Å². The lowest BCUT2D eigenvalue weighted by Crippen LogP contribution is -2.16. The zero-order valence-corrected chi connectivity index (χ0v) is 48.5. The van der Waals surface area contributed by atoms with Crippen molar-refractivity contribution in [1.29, 1.82) is 0 Å². The van der Waals surface area contributed by atoms with Gasteiger partial charge in [0.2, 0.25) is 0 Å². The van der Waals surface area contributed by atoms with Crippen LogP contribution >= 0.6 is 0 Å². The lowest BCUT2D eigenvalue weighted by atomic mass is 9.81. The summed E-state index contributed by atoms with van der Waals surface area (Å²) in [6.45, 7) is 17.0. The number of aliphatic hydroxyl groups is 3. The lowest BCUT2D eigenvalue weighted by Gasteiger charge is -2.26. The van der Waals surface area contributed by atoms with Gasteiger partial charge in [0.1, 0.15) is 54.3 Å². The number of rotatable bonds is 15. The first-order valence-electron chi connectivity index (χ1n) is 27.0.